The van der Waals surface area contributed by atoms with Crippen LogP contribution in [0.25, 0.3) is 5.69 Å². The molecule has 2 aromatic rings. The summed E-state index contributed by atoms with van der Waals surface area (Å²) in [7, 11) is 3.55. The SMILES string of the molecule is Cc1ccc(-n2nc(C(=O)N3CCC[C@@H](C(=O)N(C)C)C3)c3c2CCC3)cc1. The molecule has 148 valence electrons. The van der Waals surface area contributed by atoms with E-state index >= 15 is 0 Å². The highest BCUT2D eigenvalue weighted by Gasteiger charge is 2.34. The number of nitrogens with zero attached hydrogens (tertiary/aromatic N) is 4. The fourth-order valence-electron chi connectivity index (χ4n) is 4.39. The van der Waals surface area contributed by atoms with Crippen molar-refractivity contribution in [2.24, 2.45) is 5.92 Å². The number of amides is 2. The van der Waals surface area contributed by atoms with Crippen molar-refractivity contribution in [3.63, 3.8) is 0 Å². The van der Waals surface area contributed by atoms with Crippen molar-refractivity contribution < 1.29 is 9.59 Å². The first-order valence-corrected chi connectivity index (χ1v) is 10.1. The van der Waals surface area contributed by atoms with E-state index in [0.29, 0.717) is 18.8 Å². The Hall–Kier alpha value is -2.63. The number of aromatic nitrogens is 2. The average Bonchev–Trinajstić information content (AvgIpc) is 3.30. The van der Waals surface area contributed by atoms with Crippen LogP contribution in [0.4, 0.5) is 0 Å². The molecule has 28 heavy (non-hydrogen) atoms. The Kier molecular flexibility index (Phi) is 4.96. The Balaban J connectivity index is 1.62. The maximum absolute atomic E-state index is 13.3. The number of carbonyl (C=O) groups is 2. The van der Waals surface area contributed by atoms with E-state index < -0.39 is 0 Å². The maximum Gasteiger partial charge on any atom is 0.274 e. The van der Waals surface area contributed by atoms with Crippen LogP contribution < -0.4 is 0 Å². The first-order valence-electron chi connectivity index (χ1n) is 10.1. The Labute approximate surface area is 166 Å². The minimum atomic E-state index is -0.111. The molecule has 1 atom stereocenters. The van der Waals surface area contributed by atoms with Gasteiger partial charge in [0, 0.05) is 38.4 Å². The molecule has 1 saturated heterocycles. The van der Waals surface area contributed by atoms with Gasteiger partial charge in [-0.05, 0) is 51.2 Å². The summed E-state index contributed by atoms with van der Waals surface area (Å²) in [5.41, 5.74) is 5.03. The number of piperidine rings is 1. The highest BCUT2D eigenvalue weighted by Crippen LogP contribution is 2.30. The second-order valence-corrected chi connectivity index (χ2v) is 8.20. The van der Waals surface area contributed by atoms with Gasteiger partial charge in [-0.3, -0.25) is 9.59 Å². The number of rotatable bonds is 3. The van der Waals surface area contributed by atoms with E-state index in [0.717, 1.165) is 49.0 Å². The van der Waals surface area contributed by atoms with Gasteiger partial charge >= 0.3 is 0 Å². The fourth-order valence-corrected chi connectivity index (χ4v) is 4.39. The number of likely N-dealkylation sites (tertiary alicyclic amines) is 1. The third-order valence-electron chi connectivity index (χ3n) is 5.91. The Bertz CT molecular complexity index is 898. The van der Waals surface area contributed by atoms with Gasteiger partial charge in [-0.25, -0.2) is 4.68 Å². The zero-order valence-electron chi connectivity index (χ0n) is 16.9. The van der Waals surface area contributed by atoms with Gasteiger partial charge in [0.25, 0.3) is 5.91 Å². The van der Waals surface area contributed by atoms with Gasteiger partial charge in [0.15, 0.2) is 5.69 Å². The Morgan fingerprint density at radius 3 is 2.57 bits per heavy atom. The molecular formula is C22H28N4O2. The second-order valence-electron chi connectivity index (χ2n) is 8.20. The van der Waals surface area contributed by atoms with Crippen LogP contribution in [0.3, 0.4) is 0 Å². The molecule has 6 nitrogen and oxygen atoms in total. The molecule has 0 unspecified atom stereocenters. The first kappa shape index (κ1) is 18.7. The Morgan fingerprint density at radius 2 is 1.86 bits per heavy atom. The quantitative estimate of drug-likeness (QED) is 0.822. The van der Waals surface area contributed by atoms with Crippen LogP contribution in [0.5, 0.6) is 0 Å². The molecule has 0 radical (unpaired) electrons. The van der Waals surface area contributed by atoms with Gasteiger partial charge in [0.1, 0.15) is 0 Å². The minimum Gasteiger partial charge on any atom is -0.349 e. The van der Waals surface area contributed by atoms with Crippen LogP contribution in [-0.2, 0) is 17.6 Å². The average molecular weight is 380 g/mol. The van der Waals surface area contributed by atoms with Gasteiger partial charge < -0.3 is 9.80 Å². The predicted molar refractivity (Wildman–Crippen MR) is 108 cm³/mol. The topological polar surface area (TPSA) is 58.4 Å². The molecule has 1 aliphatic carbocycles. The number of hydrogen-bond donors (Lipinski definition) is 0. The molecule has 1 aromatic heterocycles. The van der Waals surface area contributed by atoms with Crippen molar-refractivity contribution in [3.05, 3.63) is 46.8 Å². The van der Waals surface area contributed by atoms with E-state index in [-0.39, 0.29) is 17.7 Å². The van der Waals surface area contributed by atoms with Crippen molar-refractivity contribution in [2.45, 2.75) is 39.0 Å². The molecule has 0 bridgehead atoms. The number of fused-ring (bicyclic) bond motifs is 1. The van der Waals surface area contributed by atoms with Crippen LogP contribution >= 0.6 is 0 Å². The van der Waals surface area contributed by atoms with Crippen LogP contribution in [0.2, 0.25) is 0 Å². The number of carbonyl (C=O) groups excluding carboxylic acids is 2. The van der Waals surface area contributed by atoms with Gasteiger partial charge in [0.2, 0.25) is 5.91 Å². The molecule has 1 aromatic carbocycles. The molecule has 2 heterocycles. The normalized spacial score (nSPS) is 18.8. The molecular weight excluding hydrogens is 352 g/mol. The predicted octanol–water partition coefficient (Wildman–Crippen LogP) is 2.61. The first-order chi connectivity index (χ1) is 13.5. The van der Waals surface area contributed by atoms with Crippen molar-refractivity contribution >= 4 is 11.8 Å². The summed E-state index contributed by atoms with van der Waals surface area (Å²) in [6, 6.07) is 8.26. The molecule has 2 amide bonds. The van der Waals surface area contributed by atoms with Gasteiger partial charge in [-0.1, -0.05) is 17.7 Å². The molecule has 0 spiro atoms. The number of benzene rings is 1. The molecule has 1 fully saturated rings. The van der Waals surface area contributed by atoms with Crippen LogP contribution in [0.15, 0.2) is 24.3 Å². The standard InChI is InChI=1S/C22H28N4O2/c1-15-9-11-17(12-10-15)26-19-8-4-7-18(19)20(23-26)22(28)25-13-5-6-16(14-25)21(27)24(2)3/h9-12,16H,4-8,13-14H2,1-3H3/t16-/m1/s1. The van der Waals surface area contributed by atoms with Crippen molar-refractivity contribution in [1.29, 1.82) is 0 Å². The summed E-state index contributed by atoms with van der Waals surface area (Å²) >= 11 is 0. The van der Waals surface area contributed by atoms with E-state index in [9.17, 15) is 9.59 Å². The largest absolute Gasteiger partial charge is 0.349 e. The monoisotopic (exact) mass is 380 g/mol. The zero-order valence-corrected chi connectivity index (χ0v) is 16.9. The lowest BCUT2D eigenvalue weighted by molar-refractivity contribution is -0.134. The second kappa shape index (κ2) is 7.41. The van der Waals surface area contributed by atoms with Crippen LogP contribution in [-0.4, -0.2) is 58.6 Å². The van der Waals surface area contributed by atoms with Crippen LogP contribution in [0, 0.1) is 12.8 Å². The van der Waals surface area contributed by atoms with Gasteiger partial charge in [-0.2, -0.15) is 5.10 Å². The smallest absolute Gasteiger partial charge is 0.274 e. The summed E-state index contributed by atoms with van der Waals surface area (Å²) in [6.45, 7) is 3.25. The summed E-state index contributed by atoms with van der Waals surface area (Å²) < 4.78 is 1.95. The zero-order chi connectivity index (χ0) is 19.8. The van der Waals surface area contributed by atoms with E-state index in [2.05, 4.69) is 31.2 Å². The van der Waals surface area contributed by atoms with E-state index in [1.54, 1.807) is 19.0 Å². The third kappa shape index (κ3) is 3.32. The molecule has 4 rings (SSSR count). The van der Waals surface area contributed by atoms with Crippen LogP contribution in [0.1, 0.15) is 46.6 Å². The summed E-state index contributed by atoms with van der Waals surface area (Å²) in [6.07, 6.45) is 4.61. The fraction of sp³-hybridized carbons (Fsp3) is 0.500. The van der Waals surface area contributed by atoms with Crippen molar-refractivity contribution in [2.75, 3.05) is 27.2 Å². The lowest BCUT2D eigenvalue weighted by Gasteiger charge is -2.33. The Morgan fingerprint density at radius 1 is 1.11 bits per heavy atom. The lowest BCUT2D eigenvalue weighted by atomic mass is 9.96. The highest BCUT2D eigenvalue weighted by atomic mass is 16.2. The highest BCUT2D eigenvalue weighted by molar-refractivity contribution is 5.95. The summed E-state index contributed by atoms with van der Waals surface area (Å²) in [4.78, 5) is 29.2. The van der Waals surface area contributed by atoms with E-state index in [1.807, 2.05) is 9.58 Å². The van der Waals surface area contributed by atoms with E-state index in [4.69, 9.17) is 5.10 Å². The molecule has 1 aliphatic heterocycles. The third-order valence-corrected chi connectivity index (χ3v) is 5.91. The van der Waals surface area contributed by atoms with Gasteiger partial charge in [-0.15, -0.1) is 0 Å². The number of aryl methyl sites for hydroxylation is 1. The van der Waals surface area contributed by atoms with Crippen molar-refractivity contribution in [1.82, 2.24) is 19.6 Å². The molecule has 2 aliphatic rings. The van der Waals surface area contributed by atoms with Crippen molar-refractivity contribution in [3.8, 4) is 5.69 Å². The molecule has 0 N–H and O–H groups in total. The summed E-state index contributed by atoms with van der Waals surface area (Å²) in [5, 5.41) is 4.74. The minimum absolute atomic E-state index is 0.0275. The maximum atomic E-state index is 13.3. The lowest BCUT2D eigenvalue weighted by Crippen LogP contribution is -2.45. The summed E-state index contributed by atoms with van der Waals surface area (Å²) in [5.74, 6) is -0.0342. The molecule has 6 heteroatoms. The van der Waals surface area contributed by atoms with E-state index in [1.165, 1.54) is 5.56 Å². The number of hydrogen-bond acceptors (Lipinski definition) is 3. The molecule has 0 saturated carbocycles. The van der Waals surface area contributed by atoms with Gasteiger partial charge in [0.05, 0.1) is 11.6 Å².